The lowest BCUT2D eigenvalue weighted by atomic mass is 10.5. The molecule has 6 nitrogen and oxygen atoms in total. The van der Waals surface area contributed by atoms with E-state index in [-0.39, 0.29) is 6.61 Å². The van der Waals surface area contributed by atoms with Crippen LogP contribution in [0, 0.1) is 0 Å². The molecule has 0 heterocycles. The van der Waals surface area contributed by atoms with Gasteiger partial charge in [0.05, 0.1) is 13.2 Å². The lowest BCUT2D eigenvalue weighted by Gasteiger charge is -2.09. The van der Waals surface area contributed by atoms with E-state index in [1.54, 1.807) is 0 Å². The minimum Gasteiger partial charge on any atom is -0.382 e. The molecule has 7 heteroatoms. The summed E-state index contributed by atoms with van der Waals surface area (Å²) < 4.78 is 26.5. The van der Waals surface area contributed by atoms with Crippen molar-refractivity contribution in [3.8, 4) is 0 Å². The standard InChI is InChI=1S/C7H15NO5S/c1-6(14(3,10)11)7(9)8-13-5-4-12-2/h6H,4-5H2,1-3H3,(H,8,9). The second kappa shape index (κ2) is 5.94. The van der Waals surface area contributed by atoms with E-state index < -0.39 is 21.0 Å². The van der Waals surface area contributed by atoms with Gasteiger partial charge in [0, 0.05) is 13.4 Å². The molecule has 1 N–H and O–H groups in total. The monoisotopic (exact) mass is 225 g/mol. The molecule has 0 aromatic rings. The summed E-state index contributed by atoms with van der Waals surface area (Å²) in [6.45, 7) is 1.80. The number of carbonyl (C=O) groups is 1. The number of nitrogens with one attached hydrogen (secondary N) is 1. The molecule has 84 valence electrons. The maximum Gasteiger partial charge on any atom is 0.261 e. The van der Waals surface area contributed by atoms with Crippen LogP contribution in [0.1, 0.15) is 6.92 Å². The van der Waals surface area contributed by atoms with E-state index in [1.165, 1.54) is 14.0 Å². The Morgan fingerprint density at radius 3 is 2.43 bits per heavy atom. The summed E-state index contributed by atoms with van der Waals surface area (Å²) in [5, 5.41) is -1.11. The molecule has 0 saturated carbocycles. The first-order valence-electron chi connectivity index (χ1n) is 3.99. The Kier molecular flexibility index (Phi) is 5.66. The topological polar surface area (TPSA) is 81.7 Å². The molecule has 0 aliphatic carbocycles. The van der Waals surface area contributed by atoms with Crippen molar-refractivity contribution in [2.24, 2.45) is 0 Å². The molecule has 0 aliphatic heterocycles. The molecule has 14 heavy (non-hydrogen) atoms. The highest BCUT2D eigenvalue weighted by Crippen LogP contribution is 1.97. The van der Waals surface area contributed by atoms with Crippen LogP contribution < -0.4 is 5.48 Å². The summed E-state index contributed by atoms with van der Waals surface area (Å²) in [5.41, 5.74) is 2.03. The van der Waals surface area contributed by atoms with Crippen molar-refractivity contribution in [1.29, 1.82) is 0 Å². The van der Waals surface area contributed by atoms with Gasteiger partial charge in [-0.1, -0.05) is 0 Å². The van der Waals surface area contributed by atoms with Gasteiger partial charge >= 0.3 is 0 Å². The molecule has 0 fully saturated rings. The van der Waals surface area contributed by atoms with Crippen molar-refractivity contribution in [2.75, 3.05) is 26.6 Å². The van der Waals surface area contributed by atoms with Gasteiger partial charge in [-0.2, -0.15) is 0 Å². The molecule has 0 rings (SSSR count). The highest BCUT2D eigenvalue weighted by molar-refractivity contribution is 7.92. The number of carbonyl (C=O) groups excluding carboxylic acids is 1. The minimum atomic E-state index is -3.37. The van der Waals surface area contributed by atoms with E-state index in [0.29, 0.717) is 6.61 Å². The van der Waals surface area contributed by atoms with E-state index in [0.717, 1.165) is 6.26 Å². The maximum absolute atomic E-state index is 11.1. The average molecular weight is 225 g/mol. The van der Waals surface area contributed by atoms with Crippen LogP contribution in [-0.4, -0.2) is 46.2 Å². The number of rotatable bonds is 6. The molecule has 0 spiro atoms. The van der Waals surface area contributed by atoms with Crippen LogP contribution in [0.25, 0.3) is 0 Å². The molecule has 0 saturated heterocycles. The fourth-order valence-electron chi connectivity index (χ4n) is 0.525. The highest BCUT2D eigenvalue weighted by Gasteiger charge is 2.23. The second-order valence-electron chi connectivity index (χ2n) is 2.78. The normalized spacial score (nSPS) is 13.6. The summed E-state index contributed by atoms with van der Waals surface area (Å²) in [4.78, 5) is 15.8. The largest absolute Gasteiger partial charge is 0.382 e. The zero-order chi connectivity index (χ0) is 11.2. The van der Waals surface area contributed by atoms with E-state index in [9.17, 15) is 13.2 Å². The van der Waals surface area contributed by atoms with Crippen molar-refractivity contribution in [1.82, 2.24) is 5.48 Å². The van der Waals surface area contributed by atoms with Gasteiger partial charge in [0.25, 0.3) is 5.91 Å². The Morgan fingerprint density at radius 1 is 1.43 bits per heavy atom. The summed E-state index contributed by atoms with van der Waals surface area (Å²) >= 11 is 0. The SMILES string of the molecule is COCCONC(=O)C(C)S(C)(=O)=O. The smallest absolute Gasteiger partial charge is 0.261 e. The third kappa shape index (κ3) is 5.15. The molecule has 0 aliphatic rings. The molecule has 1 amide bonds. The summed E-state index contributed by atoms with van der Waals surface area (Å²) in [6, 6.07) is 0. The Balaban J connectivity index is 3.86. The van der Waals surface area contributed by atoms with Gasteiger partial charge in [-0.05, 0) is 6.92 Å². The highest BCUT2D eigenvalue weighted by atomic mass is 32.2. The Labute approximate surface area is 83.4 Å². The van der Waals surface area contributed by atoms with E-state index in [4.69, 9.17) is 0 Å². The van der Waals surface area contributed by atoms with Gasteiger partial charge in [0.2, 0.25) is 0 Å². The van der Waals surface area contributed by atoms with Crippen molar-refractivity contribution in [3.05, 3.63) is 0 Å². The van der Waals surface area contributed by atoms with Crippen molar-refractivity contribution in [2.45, 2.75) is 12.2 Å². The molecule has 0 aromatic carbocycles. The van der Waals surface area contributed by atoms with Gasteiger partial charge in [0.15, 0.2) is 9.84 Å². The molecular formula is C7H15NO5S. The van der Waals surface area contributed by atoms with Crippen molar-refractivity contribution in [3.63, 3.8) is 0 Å². The Hall–Kier alpha value is -0.660. The number of methoxy groups -OCH3 is 1. The molecule has 0 bridgehead atoms. The predicted octanol–water partition coefficient (Wildman–Crippen LogP) is -0.886. The number of sulfone groups is 1. The number of amides is 1. The maximum atomic E-state index is 11.1. The van der Waals surface area contributed by atoms with Crippen LogP contribution in [0.4, 0.5) is 0 Å². The van der Waals surface area contributed by atoms with Crippen molar-refractivity contribution >= 4 is 15.7 Å². The van der Waals surface area contributed by atoms with Crippen LogP contribution in [0.15, 0.2) is 0 Å². The number of hydrogen-bond donors (Lipinski definition) is 1. The minimum absolute atomic E-state index is 0.179. The molecule has 1 atom stereocenters. The van der Waals surface area contributed by atoms with Crippen molar-refractivity contribution < 1.29 is 22.8 Å². The summed E-state index contributed by atoms with van der Waals surface area (Å²) in [7, 11) is -1.88. The first-order valence-corrected chi connectivity index (χ1v) is 5.94. The first-order chi connectivity index (χ1) is 6.39. The van der Waals surface area contributed by atoms with Crippen LogP contribution in [0.5, 0.6) is 0 Å². The summed E-state index contributed by atoms with van der Waals surface area (Å²) in [5.74, 6) is -0.677. The second-order valence-corrected chi connectivity index (χ2v) is 5.15. The molecule has 0 aromatic heterocycles. The Bertz CT molecular complexity index is 274. The predicted molar refractivity (Wildman–Crippen MR) is 50.3 cm³/mol. The Morgan fingerprint density at radius 2 is 2.00 bits per heavy atom. The quantitative estimate of drug-likeness (QED) is 0.468. The zero-order valence-electron chi connectivity index (χ0n) is 8.44. The van der Waals surface area contributed by atoms with Gasteiger partial charge in [-0.3, -0.25) is 9.63 Å². The molecule has 1 unspecified atom stereocenters. The van der Waals surface area contributed by atoms with E-state index in [2.05, 4.69) is 9.57 Å². The third-order valence-corrected chi connectivity index (χ3v) is 3.07. The number of hydroxylamine groups is 1. The van der Waals surface area contributed by atoms with Crippen LogP contribution >= 0.6 is 0 Å². The number of ether oxygens (including phenoxy) is 1. The van der Waals surface area contributed by atoms with Crippen LogP contribution in [0.2, 0.25) is 0 Å². The first kappa shape index (κ1) is 13.3. The average Bonchev–Trinajstić information content (AvgIpc) is 2.09. The molecule has 0 radical (unpaired) electrons. The van der Waals surface area contributed by atoms with Gasteiger partial charge in [-0.25, -0.2) is 13.9 Å². The fraction of sp³-hybridized carbons (Fsp3) is 0.857. The third-order valence-electron chi connectivity index (χ3n) is 1.57. The zero-order valence-corrected chi connectivity index (χ0v) is 9.26. The molecular weight excluding hydrogens is 210 g/mol. The van der Waals surface area contributed by atoms with E-state index >= 15 is 0 Å². The fourth-order valence-corrected chi connectivity index (χ4v) is 0.962. The lowest BCUT2D eigenvalue weighted by molar-refractivity contribution is -0.133. The van der Waals surface area contributed by atoms with Crippen LogP contribution in [-0.2, 0) is 24.2 Å². The van der Waals surface area contributed by atoms with E-state index in [1.807, 2.05) is 5.48 Å². The van der Waals surface area contributed by atoms with Gasteiger partial charge in [0.1, 0.15) is 5.25 Å². The lowest BCUT2D eigenvalue weighted by Crippen LogP contribution is -2.37. The summed E-state index contributed by atoms with van der Waals surface area (Å²) in [6.07, 6.45) is 0.992. The van der Waals surface area contributed by atoms with Gasteiger partial charge in [-0.15, -0.1) is 0 Å². The van der Waals surface area contributed by atoms with Crippen LogP contribution in [0.3, 0.4) is 0 Å². The number of hydrogen-bond acceptors (Lipinski definition) is 5. The van der Waals surface area contributed by atoms with Gasteiger partial charge < -0.3 is 4.74 Å².